The second-order valence-electron chi connectivity index (χ2n) is 6.70. The van der Waals surface area contributed by atoms with Crippen molar-refractivity contribution in [3.63, 3.8) is 0 Å². The lowest BCUT2D eigenvalue weighted by molar-refractivity contribution is 0.0677. The van der Waals surface area contributed by atoms with E-state index in [2.05, 4.69) is 9.97 Å². The molecule has 7 heteroatoms. The molecule has 0 bridgehead atoms. The number of carbonyl (C=O) groups is 1. The number of likely N-dealkylation sites (tertiary alicyclic amines) is 1. The fraction of sp³-hybridized carbons (Fsp3) is 0.368. The third-order valence-corrected chi connectivity index (χ3v) is 5.63. The average molecular weight is 368 g/mol. The van der Waals surface area contributed by atoms with E-state index in [4.69, 9.17) is 0 Å². The van der Waals surface area contributed by atoms with Gasteiger partial charge in [0.05, 0.1) is 16.4 Å². The molecule has 0 unspecified atom stereocenters. The highest BCUT2D eigenvalue weighted by Gasteiger charge is 2.25. The van der Waals surface area contributed by atoms with Crippen molar-refractivity contribution in [1.29, 1.82) is 0 Å². The van der Waals surface area contributed by atoms with Crippen LogP contribution in [-0.2, 0) is 6.54 Å². The monoisotopic (exact) mass is 368 g/mol. The molecule has 1 fully saturated rings. The number of aryl methyl sites for hydroxylation is 1. The van der Waals surface area contributed by atoms with Gasteiger partial charge < -0.3 is 4.90 Å². The minimum atomic E-state index is 0.00502. The number of para-hydroxylation sites is 1. The predicted octanol–water partition coefficient (Wildman–Crippen LogP) is 2.71. The first-order chi connectivity index (χ1) is 12.6. The molecule has 1 amide bonds. The molecule has 26 heavy (non-hydrogen) atoms. The van der Waals surface area contributed by atoms with E-state index in [9.17, 15) is 9.59 Å². The van der Waals surface area contributed by atoms with E-state index >= 15 is 0 Å². The van der Waals surface area contributed by atoms with Crippen LogP contribution in [0, 0.1) is 12.8 Å². The van der Waals surface area contributed by atoms with Gasteiger partial charge in [0, 0.05) is 25.0 Å². The van der Waals surface area contributed by atoms with E-state index in [0.29, 0.717) is 36.6 Å². The molecule has 134 valence electrons. The van der Waals surface area contributed by atoms with Gasteiger partial charge in [-0.15, -0.1) is 11.3 Å². The fourth-order valence-corrected chi connectivity index (χ4v) is 4.08. The quantitative estimate of drug-likeness (QED) is 0.713. The highest BCUT2D eigenvalue weighted by atomic mass is 32.1. The van der Waals surface area contributed by atoms with Crippen molar-refractivity contribution >= 4 is 28.1 Å². The van der Waals surface area contributed by atoms with Crippen LogP contribution >= 0.6 is 11.3 Å². The van der Waals surface area contributed by atoms with Gasteiger partial charge in [-0.3, -0.25) is 14.2 Å². The second-order valence-corrected chi connectivity index (χ2v) is 7.42. The van der Waals surface area contributed by atoms with Crippen LogP contribution in [0.4, 0.5) is 0 Å². The van der Waals surface area contributed by atoms with Crippen LogP contribution in [0.25, 0.3) is 10.9 Å². The summed E-state index contributed by atoms with van der Waals surface area (Å²) >= 11 is 1.43. The number of fused-ring (bicyclic) bond motifs is 1. The van der Waals surface area contributed by atoms with Crippen LogP contribution in [0.15, 0.2) is 40.0 Å². The first kappa shape index (κ1) is 16.9. The van der Waals surface area contributed by atoms with Gasteiger partial charge in [0.25, 0.3) is 11.5 Å². The molecule has 4 rings (SSSR count). The Morgan fingerprint density at radius 2 is 2.04 bits per heavy atom. The molecule has 2 aromatic heterocycles. The second kappa shape index (κ2) is 6.99. The van der Waals surface area contributed by atoms with Crippen molar-refractivity contribution in [1.82, 2.24) is 19.4 Å². The zero-order valence-electron chi connectivity index (χ0n) is 14.6. The Morgan fingerprint density at radius 3 is 2.77 bits per heavy atom. The van der Waals surface area contributed by atoms with E-state index in [1.54, 1.807) is 15.5 Å². The summed E-state index contributed by atoms with van der Waals surface area (Å²) in [5, 5.41) is 2.45. The molecule has 0 saturated carbocycles. The Kier molecular flexibility index (Phi) is 4.55. The average Bonchev–Trinajstić information content (AvgIpc) is 3.20. The molecule has 1 aliphatic rings. The van der Waals surface area contributed by atoms with Crippen LogP contribution in [0.5, 0.6) is 0 Å². The molecule has 0 N–H and O–H groups in total. The van der Waals surface area contributed by atoms with Crippen molar-refractivity contribution in [2.45, 2.75) is 26.3 Å². The van der Waals surface area contributed by atoms with Gasteiger partial charge in [-0.25, -0.2) is 9.97 Å². The molecule has 6 nitrogen and oxygen atoms in total. The SMILES string of the molecule is Cc1nc2ccccc2c(=O)n1CC1CCN(C(=O)c2cscn2)CC1. The van der Waals surface area contributed by atoms with E-state index < -0.39 is 0 Å². The molecular formula is C19H20N4O2S. The summed E-state index contributed by atoms with van der Waals surface area (Å²) in [5.41, 5.74) is 2.98. The number of rotatable bonds is 3. The minimum absolute atomic E-state index is 0.00502. The van der Waals surface area contributed by atoms with Gasteiger partial charge >= 0.3 is 0 Å². The summed E-state index contributed by atoms with van der Waals surface area (Å²) in [5.74, 6) is 1.12. The zero-order valence-corrected chi connectivity index (χ0v) is 15.4. The molecule has 3 aromatic rings. The van der Waals surface area contributed by atoms with Crippen molar-refractivity contribution in [2.75, 3.05) is 13.1 Å². The first-order valence-electron chi connectivity index (χ1n) is 8.77. The van der Waals surface area contributed by atoms with Gasteiger partial charge in [-0.1, -0.05) is 12.1 Å². The van der Waals surface area contributed by atoms with E-state index in [0.717, 1.165) is 24.2 Å². The van der Waals surface area contributed by atoms with Crippen molar-refractivity contribution in [3.05, 3.63) is 57.0 Å². The number of carbonyl (C=O) groups excluding carboxylic acids is 1. The highest BCUT2D eigenvalue weighted by molar-refractivity contribution is 7.07. The normalized spacial score (nSPS) is 15.5. The number of amides is 1. The molecule has 0 atom stereocenters. The molecule has 1 saturated heterocycles. The Morgan fingerprint density at radius 1 is 1.27 bits per heavy atom. The van der Waals surface area contributed by atoms with Gasteiger partial charge in [0.15, 0.2) is 0 Å². The van der Waals surface area contributed by atoms with Crippen molar-refractivity contribution in [3.8, 4) is 0 Å². The van der Waals surface area contributed by atoms with E-state index in [-0.39, 0.29) is 11.5 Å². The summed E-state index contributed by atoms with van der Waals surface area (Å²) in [6.07, 6.45) is 1.77. The number of aromatic nitrogens is 3. The molecule has 0 radical (unpaired) electrons. The molecule has 1 aliphatic heterocycles. The Balaban J connectivity index is 1.47. The summed E-state index contributed by atoms with van der Waals surface area (Å²) in [6.45, 7) is 3.95. The van der Waals surface area contributed by atoms with Gasteiger partial charge in [-0.05, 0) is 37.8 Å². The first-order valence-corrected chi connectivity index (χ1v) is 9.71. The summed E-state index contributed by atoms with van der Waals surface area (Å²) in [7, 11) is 0. The maximum absolute atomic E-state index is 12.8. The van der Waals surface area contributed by atoms with E-state index in [1.165, 1.54) is 11.3 Å². The molecule has 0 spiro atoms. The zero-order chi connectivity index (χ0) is 18.1. The third-order valence-electron chi connectivity index (χ3n) is 5.05. The lowest BCUT2D eigenvalue weighted by Gasteiger charge is -2.32. The number of benzene rings is 1. The lowest BCUT2D eigenvalue weighted by atomic mass is 9.96. The molecular weight excluding hydrogens is 348 g/mol. The largest absolute Gasteiger partial charge is 0.337 e. The van der Waals surface area contributed by atoms with Crippen molar-refractivity contribution in [2.24, 2.45) is 5.92 Å². The van der Waals surface area contributed by atoms with Crippen LogP contribution in [0.3, 0.4) is 0 Å². The molecule has 1 aromatic carbocycles. The summed E-state index contributed by atoms with van der Waals surface area (Å²) in [6, 6.07) is 7.47. The Hall–Kier alpha value is -2.54. The number of piperidine rings is 1. The fourth-order valence-electron chi connectivity index (χ4n) is 3.55. The summed E-state index contributed by atoms with van der Waals surface area (Å²) < 4.78 is 1.78. The smallest absolute Gasteiger partial charge is 0.273 e. The number of hydrogen-bond donors (Lipinski definition) is 0. The van der Waals surface area contributed by atoms with Crippen LogP contribution < -0.4 is 5.56 Å². The number of hydrogen-bond acceptors (Lipinski definition) is 5. The van der Waals surface area contributed by atoms with E-state index in [1.807, 2.05) is 36.1 Å². The third kappa shape index (κ3) is 3.14. The predicted molar refractivity (Wildman–Crippen MR) is 101 cm³/mol. The van der Waals surface area contributed by atoms with Crippen LogP contribution in [0.2, 0.25) is 0 Å². The molecule has 3 heterocycles. The maximum atomic E-state index is 12.8. The molecule has 0 aliphatic carbocycles. The minimum Gasteiger partial charge on any atom is -0.337 e. The Bertz CT molecular complexity index is 988. The van der Waals surface area contributed by atoms with Gasteiger partial charge in [0.1, 0.15) is 11.5 Å². The van der Waals surface area contributed by atoms with Crippen LogP contribution in [-0.4, -0.2) is 38.4 Å². The number of thiazole rings is 1. The number of nitrogens with zero attached hydrogens (tertiary/aromatic N) is 4. The maximum Gasteiger partial charge on any atom is 0.273 e. The Labute approximate surface area is 155 Å². The van der Waals surface area contributed by atoms with Crippen molar-refractivity contribution < 1.29 is 4.79 Å². The highest BCUT2D eigenvalue weighted by Crippen LogP contribution is 2.21. The summed E-state index contributed by atoms with van der Waals surface area (Å²) in [4.78, 5) is 35.7. The van der Waals surface area contributed by atoms with Gasteiger partial charge in [-0.2, -0.15) is 0 Å². The standard InChI is InChI=1S/C19H20N4O2S/c1-13-21-16-5-3-2-4-15(16)18(24)23(13)10-14-6-8-22(9-7-14)19(25)17-11-26-12-20-17/h2-5,11-12,14H,6-10H2,1H3. The van der Waals surface area contributed by atoms with Crippen LogP contribution in [0.1, 0.15) is 29.2 Å². The lowest BCUT2D eigenvalue weighted by Crippen LogP contribution is -2.40. The van der Waals surface area contributed by atoms with Gasteiger partial charge in [0.2, 0.25) is 0 Å². The topological polar surface area (TPSA) is 68.1 Å².